The van der Waals surface area contributed by atoms with Crippen molar-refractivity contribution in [1.82, 2.24) is 0 Å². The molecule has 0 heterocycles. The van der Waals surface area contributed by atoms with E-state index < -0.39 is 26.6 Å². The van der Waals surface area contributed by atoms with E-state index in [2.05, 4.69) is 6.92 Å². The first kappa shape index (κ1) is 21.0. The standard InChI is InChI=1S/C18H28F2O3S/c1-2-3-4-5-6-7-8-9-10-11-12-16-17(19)13-15(14-18(16)20)24(21,22)23/h13-14H,2-12H2,1H3,(H,21,22,23)/p-1. The van der Waals surface area contributed by atoms with Crippen molar-refractivity contribution in [3.63, 3.8) is 0 Å². The van der Waals surface area contributed by atoms with Gasteiger partial charge in [0.25, 0.3) is 0 Å². The van der Waals surface area contributed by atoms with Crippen LogP contribution >= 0.6 is 0 Å². The second-order valence-electron chi connectivity index (χ2n) is 6.25. The molecule has 0 aliphatic carbocycles. The first-order chi connectivity index (χ1) is 11.4. The molecule has 0 fully saturated rings. The minimum absolute atomic E-state index is 0.137. The van der Waals surface area contributed by atoms with Crippen LogP contribution in [-0.2, 0) is 16.5 Å². The molecule has 0 amide bonds. The van der Waals surface area contributed by atoms with Crippen LogP contribution < -0.4 is 0 Å². The molecular formula is C18H27F2O3S-. The second kappa shape index (κ2) is 10.8. The first-order valence-corrected chi connectivity index (χ1v) is 10.2. The van der Waals surface area contributed by atoms with Crippen molar-refractivity contribution >= 4 is 10.1 Å². The number of rotatable bonds is 12. The third-order valence-corrected chi connectivity index (χ3v) is 5.00. The van der Waals surface area contributed by atoms with Gasteiger partial charge in [0, 0.05) is 5.56 Å². The normalized spacial score (nSPS) is 11.8. The summed E-state index contributed by atoms with van der Waals surface area (Å²) in [6.07, 6.45) is 11.5. The SMILES string of the molecule is CCCCCCCCCCCCc1c(F)cc(S(=O)(=O)[O-])cc1F. The molecule has 0 bridgehead atoms. The summed E-state index contributed by atoms with van der Waals surface area (Å²) in [5.74, 6) is -1.92. The van der Waals surface area contributed by atoms with Crippen LogP contribution in [0.15, 0.2) is 17.0 Å². The van der Waals surface area contributed by atoms with Crippen molar-refractivity contribution in [2.45, 2.75) is 82.4 Å². The lowest BCUT2D eigenvalue weighted by Crippen LogP contribution is -2.04. The zero-order valence-corrected chi connectivity index (χ0v) is 15.1. The highest BCUT2D eigenvalue weighted by Crippen LogP contribution is 2.21. The lowest BCUT2D eigenvalue weighted by molar-refractivity contribution is 0.459. The summed E-state index contributed by atoms with van der Waals surface area (Å²) in [5.41, 5.74) is -0.137. The molecule has 0 saturated heterocycles. The van der Waals surface area contributed by atoms with Crippen LogP contribution in [0.2, 0.25) is 0 Å². The van der Waals surface area contributed by atoms with Gasteiger partial charge in [-0.2, -0.15) is 0 Å². The lowest BCUT2D eigenvalue weighted by Gasteiger charge is -2.11. The Bertz CT molecular complexity index is 577. The zero-order chi connectivity index (χ0) is 18.0. The number of hydrogen-bond donors (Lipinski definition) is 0. The van der Waals surface area contributed by atoms with E-state index in [0.717, 1.165) is 19.3 Å². The van der Waals surface area contributed by atoms with Crippen molar-refractivity contribution in [1.29, 1.82) is 0 Å². The zero-order valence-electron chi connectivity index (χ0n) is 14.3. The van der Waals surface area contributed by atoms with E-state index in [1.165, 1.54) is 38.5 Å². The Kier molecular flexibility index (Phi) is 9.44. The highest BCUT2D eigenvalue weighted by Gasteiger charge is 2.13. The van der Waals surface area contributed by atoms with Crippen LogP contribution in [0.5, 0.6) is 0 Å². The van der Waals surface area contributed by atoms with Crippen LogP contribution in [0.3, 0.4) is 0 Å². The summed E-state index contributed by atoms with van der Waals surface area (Å²) in [5, 5.41) is 0. The summed E-state index contributed by atoms with van der Waals surface area (Å²) < 4.78 is 60.0. The maximum absolute atomic E-state index is 13.8. The minimum Gasteiger partial charge on any atom is -0.744 e. The molecule has 1 rings (SSSR count). The Labute approximate surface area is 144 Å². The van der Waals surface area contributed by atoms with Crippen molar-refractivity contribution in [2.75, 3.05) is 0 Å². The molecule has 0 aliphatic heterocycles. The Morgan fingerprint density at radius 3 is 1.67 bits per heavy atom. The molecule has 0 N–H and O–H groups in total. The third-order valence-electron chi connectivity index (χ3n) is 4.18. The Morgan fingerprint density at radius 2 is 1.25 bits per heavy atom. The fraction of sp³-hybridized carbons (Fsp3) is 0.667. The van der Waals surface area contributed by atoms with Crippen LogP contribution in [0.25, 0.3) is 0 Å². The van der Waals surface area contributed by atoms with Gasteiger partial charge in [-0.15, -0.1) is 0 Å². The largest absolute Gasteiger partial charge is 0.744 e. The fourth-order valence-electron chi connectivity index (χ4n) is 2.75. The number of benzene rings is 1. The van der Waals surface area contributed by atoms with Crippen LogP contribution in [0, 0.1) is 11.6 Å². The monoisotopic (exact) mass is 361 g/mol. The van der Waals surface area contributed by atoms with E-state index in [4.69, 9.17) is 0 Å². The van der Waals surface area contributed by atoms with E-state index in [0.29, 0.717) is 18.6 Å². The van der Waals surface area contributed by atoms with Crippen molar-refractivity contribution < 1.29 is 21.8 Å². The van der Waals surface area contributed by atoms with Gasteiger partial charge in [0.1, 0.15) is 21.8 Å². The average Bonchev–Trinajstić information content (AvgIpc) is 2.50. The van der Waals surface area contributed by atoms with Crippen LogP contribution in [0.1, 0.15) is 76.7 Å². The molecule has 1 aromatic rings. The topological polar surface area (TPSA) is 57.2 Å². The van der Waals surface area contributed by atoms with E-state index in [1.807, 2.05) is 0 Å². The van der Waals surface area contributed by atoms with Crippen molar-refractivity contribution in [3.8, 4) is 0 Å². The van der Waals surface area contributed by atoms with Crippen LogP contribution in [-0.4, -0.2) is 13.0 Å². The van der Waals surface area contributed by atoms with E-state index >= 15 is 0 Å². The minimum atomic E-state index is -4.84. The van der Waals surface area contributed by atoms with E-state index in [9.17, 15) is 21.8 Å². The Balaban J connectivity index is 2.29. The second-order valence-corrected chi connectivity index (χ2v) is 7.63. The smallest absolute Gasteiger partial charge is 0.130 e. The van der Waals surface area contributed by atoms with E-state index in [-0.39, 0.29) is 12.0 Å². The average molecular weight is 361 g/mol. The van der Waals surface area contributed by atoms with Crippen molar-refractivity contribution in [3.05, 3.63) is 29.3 Å². The molecule has 0 atom stereocenters. The lowest BCUT2D eigenvalue weighted by atomic mass is 10.0. The van der Waals surface area contributed by atoms with Gasteiger partial charge < -0.3 is 4.55 Å². The molecule has 0 aliphatic rings. The molecule has 0 aromatic heterocycles. The molecule has 0 unspecified atom stereocenters. The quantitative estimate of drug-likeness (QED) is 0.373. The van der Waals surface area contributed by atoms with Gasteiger partial charge >= 0.3 is 0 Å². The maximum atomic E-state index is 13.8. The molecule has 3 nitrogen and oxygen atoms in total. The first-order valence-electron chi connectivity index (χ1n) is 8.80. The van der Waals surface area contributed by atoms with Gasteiger partial charge in [-0.1, -0.05) is 64.7 Å². The molecule has 0 radical (unpaired) electrons. The molecule has 0 spiro atoms. The summed E-state index contributed by atoms with van der Waals surface area (Å²) in [4.78, 5) is -0.857. The summed E-state index contributed by atoms with van der Waals surface area (Å²) in [6.45, 7) is 2.19. The predicted molar refractivity (Wildman–Crippen MR) is 89.9 cm³/mol. The predicted octanol–water partition coefficient (Wildman–Crippen LogP) is 5.33. The van der Waals surface area contributed by atoms with Gasteiger partial charge in [-0.25, -0.2) is 17.2 Å². The summed E-state index contributed by atoms with van der Waals surface area (Å²) in [6, 6.07) is 1.22. The molecular weight excluding hydrogens is 334 g/mol. The Hall–Kier alpha value is -1.01. The number of halogens is 2. The van der Waals surface area contributed by atoms with E-state index in [1.54, 1.807) is 0 Å². The molecule has 138 valence electrons. The van der Waals surface area contributed by atoms with Gasteiger partial charge in [0.2, 0.25) is 0 Å². The van der Waals surface area contributed by atoms with Crippen molar-refractivity contribution in [2.24, 2.45) is 0 Å². The van der Waals surface area contributed by atoms with Gasteiger partial charge in [-0.05, 0) is 25.0 Å². The fourth-order valence-corrected chi connectivity index (χ4v) is 3.25. The highest BCUT2D eigenvalue weighted by atomic mass is 32.2. The Morgan fingerprint density at radius 1 is 0.833 bits per heavy atom. The van der Waals surface area contributed by atoms with Crippen LogP contribution in [0.4, 0.5) is 8.78 Å². The molecule has 1 aromatic carbocycles. The number of hydrogen-bond acceptors (Lipinski definition) is 3. The van der Waals surface area contributed by atoms with Gasteiger partial charge in [-0.3, -0.25) is 0 Å². The number of unbranched alkanes of at least 4 members (excludes halogenated alkanes) is 9. The van der Waals surface area contributed by atoms with Gasteiger partial charge in [0.05, 0.1) is 4.90 Å². The highest BCUT2D eigenvalue weighted by molar-refractivity contribution is 7.85. The maximum Gasteiger partial charge on any atom is 0.130 e. The van der Waals surface area contributed by atoms with Gasteiger partial charge in [0.15, 0.2) is 0 Å². The molecule has 0 saturated carbocycles. The summed E-state index contributed by atoms with van der Waals surface area (Å²) >= 11 is 0. The third kappa shape index (κ3) is 7.71. The molecule has 24 heavy (non-hydrogen) atoms. The molecule has 6 heteroatoms. The summed E-state index contributed by atoms with van der Waals surface area (Å²) in [7, 11) is -4.84.